The van der Waals surface area contributed by atoms with Crippen molar-refractivity contribution in [1.29, 1.82) is 0 Å². The minimum absolute atomic E-state index is 0.137. The van der Waals surface area contributed by atoms with Gasteiger partial charge < -0.3 is 15.1 Å². The summed E-state index contributed by atoms with van der Waals surface area (Å²) in [6.07, 6.45) is 3.03. The van der Waals surface area contributed by atoms with Crippen LogP contribution in [0.25, 0.3) is 11.0 Å². The van der Waals surface area contributed by atoms with Crippen molar-refractivity contribution in [1.82, 2.24) is 14.3 Å². The van der Waals surface area contributed by atoms with Crippen molar-refractivity contribution >= 4 is 39.9 Å². The van der Waals surface area contributed by atoms with Crippen molar-refractivity contribution < 1.29 is 15.0 Å². The molecule has 0 aliphatic carbocycles. The first-order valence-electron chi connectivity index (χ1n) is 6.00. The second-order valence-corrected chi connectivity index (χ2v) is 5.79. The van der Waals surface area contributed by atoms with Crippen LogP contribution in [0.5, 0.6) is 0 Å². The average Bonchev–Trinajstić information content (AvgIpc) is 3.04. The molecule has 0 bridgehead atoms. The summed E-state index contributed by atoms with van der Waals surface area (Å²) in [5.41, 5.74) is 0.636. The summed E-state index contributed by atoms with van der Waals surface area (Å²) in [5, 5.41) is 21.1. The Morgan fingerprint density at radius 3 is 2.85 bits per heavy atom. The van der Waals surface area contributed by atoms with Gasteiger partial charge >= 0.3 is 0 Å². The van der Waals surface area contributed by atoms with Gasteiger partial charge in [-0.3, -0.25) is 9.20 Å². The fraction of sp³-hybridized carbons (Fsp3) is 0.333. The van der Waals surface area contributed by atoms with Crippen LogP contribution in [0.3, 0.4) is 0 Å². The first kappa shape index (κ1) is 13.6. The number of aliphatic hydroxyl groups excluding tert-OH is 2. The summed E-state index contributed by atoms with van der Waals surface area (Å²) >= 11 is 7.47. The van der Waals surface area contributed by atoms with Gasteiger partial charge in [0.05, 0.1) is 17.9 Å². The predicted octanol–water partition coefficient (Wildman–Crippen LogP) is 0.626. The first-order valence-corrected chi connectivity index (χ1v) is 7.26. The molecule has 3 heterocycles. The van der Waals surface area contributed by atoms with Crippen LogP contribution in [0.2, 0.25) is 5.15 Å². The van der Waals surface area contributed by atoms with Crippen molar-refractivity contribution in [3.8, 4) is 0 Å². The molecule has 1 aliphatic heterocycles. The maximum absolute atomic E-state index is 12.0. The fourth-order valence-electron chi connectivity index (χ4n) is 2.13. The minimum atomic E-state index is -0.880. The van der Waals surface area contributed by atoms with Crippen LogP contribution < -0.4 is 0 Å². The summed E-state index contributed by atoms with van der Waals surface area (Å²) in [7, 11) is 0. The molecule has 1 amide bonds. The van der Waals surface area contributed by atoms with Crippen LogP contribution in [-0.4, -0.2) is 55.7 Å². The highest BCUT2D eigenvalue weighted by Gasteiger charge is 2.31. The number of amides is 1. The van der Waals surface area contributed by atoms with Crippen molar-refractivity contribution in [2.45, 2.75) is 12.2 Å². The third kappa shape index (κ3) is 2.33. The van der Waals surface area contributed by atoms with Gasteiger partial charge in [0.2, 0.25) is 5.91 Å². The molecule has 8 heteroatoms. The van der Waals surface area contributed by atoms with Crippen molar-refractivity contribution in [2.24, 2.45) is 0 Å². The van der Waals surface area contributed by atoms with E-state index in [1.54, 1.807) is 10.5 Å². The molecule has 1 fully saturated rings. The molecule has 2 unspecified atom stereocenters. The van der Waals surface area contributed by atoms with E-state index in [0.29, 0.717) is 10.8 Å². The molecule has 0 spiro atoms. The van der Waals surface area contributed by atoms with E-state index in [1.165, 1.54) is 22.3 Å². The Morgan fingerprint density at radius 1 is 1.45 bits per heavy atom. The molecular formula is C12H12ClN3O3S. The Kier molecular flexibility index (Phi) is 3.51. The molecule has 20 heavy (non-hydrogen) atoms. The molecule has 1 aliphatic rings. The predicted molar refractivity (Wildman–Crippen MR) is 75.7 cm³/mol. The number of hydrogen-bond donors (Lipinski definition) is 2. The molecule has 2 N–H and O–H groups in total. The van der Waals surface area contributed by atoms with E-state index < -0.39 is 12.2 Å². The highest BCUT2D eigenvalue weighted by Crippen LogP contribution is 2.22. The van der Waals surface area contributed by atoms with Gasteiger partial charge in [0.25, 0.3) is 0 Å². The fourth-order valence-corrected chi connectivity index (χ4v) is 3.14. The number of aromatic nitrogens is 2. The first-order chi connectivity index (χ1) is 9.56. The zero-order chi connectivity index (χ0) is 14.3. The SMILES string of the molecule is O=C(/C=C/c1c(Cl)nc2sccn12)N1CC(O)C(O)C1. The third-order valence-electron chi connectivity index (χ3n) is 3.21. The lowest BCUT2D eigenvalue weighted by Crippen LogP contribution is -2.27. The molecular weight excluding hydrogens is 302 g/mol. The van der Waals surface area contributed by atoms with E-state index in [4.69, 9.17) is 11.6 Å². The number of fused-ring (bicyclic) bond motifs is 1. The normalized spacial score (nSPS) is 23.2. The Labute approximate surface area is 123 Å². The monoisotopic (exact) mass is 313 g/mol. The standard InChI is InChI=1S/C12H12ClN3O3S/c13-11-7(16-3-4-20-12(16)14-11)1-2-10(19)15-5-8(17)9(18)6-15/h1-4,8-9,17-18H,5-6H2/b2-1+. The number of halogens is 1. The number of carbonyl (C=O) groups is 1. The Morgan fingerprint density at radius 2 is 2.15 bits per heavy atom. The lowest BCUT2D eigenvalue weighted by Gasteiger charge is -2.11. The average molecular weight is 314 g/mol. The molecule has 0 saturated carbocycles. The van der Waals surface area contributed by atoms with Crippen LogP contribution in [0.1, 0.15) is 5.69 Å². The molecule has 3 rings (SSSR count). The van der Waals surface area contributed by atoms with Gasteiger partial charge in [-0.15, -0.1) is 11.3 Å². The number of β-amino-alcohol motifs (C(OH)–C–C–N with tert-alkyl or cyclic N) is 2. The Hall–Kier alpha value is -1.41. The zero-order valence-electron chi connectivity index (χ0n) is 10.3. The zero-order valence-corrected chi connectivity index (χ0v) is 11.9. The van der Waals surface area contributed by atoms with E-state index in [1.807, 2.05) is 11.6 Å². The smallest absolute Gasteiger partial charge is 0.246 e. The molecule has 0 aromatic carbocycles. The summed E-state index contributed by atoms with van der Waals surface area (Å²) in [6, 6.07) is 0. The van der Waals surface area contributed by atoms with Gasteiger partial charge in [0.15, 0.2) is 10.1 Å². The highest BCUT2D eigenvalue weighted by atomic mass is 35.5. The number of aliphatic hydroxyl groups is 2. The van der Waals surface area contributed by atoms with E-state index in [2.05, 4.69) is 4.98 Å². The van der Waals surface area contributed by atoms with E-state index in [9.17, 15) is 15.0 Å². The molecule has 0 radical (unpaired) electrons. The van der Waals surface area contributed by atoms with Gasteiger partial charge in [-0.05, 0) is 6.08 Å². The quantitative estimate of drug-likeness (QED) is 0.797. The molecule has 2 aromatic rings. The maximum Gasteiger partial charge on any atom is 0.246 e. The number of rotatable bonds is 2. The van der Waals surface area contributed by atoms with Gasteiger partial charge in [0, 0.05) is 30.7 Å². The summed E-state index contributed by atoms with van der Waals surface area (Å²) in [5.74, 6) is -0.276. The highest BCUT2D eigenvalue weighted by molar-refractivity contribution is 7.15. The second-order valence-electron chi connectivity index (χ2n) is 4.55. The minimum Gasteiger partial charge on any atom is -0.388 e. The topological polar surface area (TPSA) is 78.1 Å². The van der Waals surface area contributed by atoms with E-state index in [-0.39, 0.29) is 19.0 Å². The number of likely N-dealkylation sites (tertiary alicyclic amines) is 1. The molecule has 106 valence electrons. The largest absolute Gasteiger partial charge is 0.388 e. The third-order valence-corrected chi connectivity index (χ3v) is 4.24. The van der Waals surface area contributed by atoms with Gasteiger partial charge in [0.1, 0.15) is 0 Å². The van der Waals surface area contributed by atoms with Crippen molar-refractivity contribution in [2.75, 3.05) is 13.1 Å². The van der Waals surface area contributed by atoms with Crippen LogP contribution >= 0.6 is 22.9 Å². The molecule has 2 atom stereocenters. The van der Waals surface area contributed by atoms with Gasteiger partial charge in [-0.2, -0.15) is 0 Å². The second kappa shape index (κ2) is 5.17. The number of imidazole rings is 1. The molecule has 2 aromatic heterocycles. The number of thiazole rings is 1. The van der Waals surface area contributed by atoms with Crippen LogP contribution in [0.15, 0.2) is 17.7 Å². The van der Waals surface area contributed by atoms with Crippen LogP contribution in [0, 0.1) is 0 Å². The van der Waals surface area contributed by atoms with Gasteiger partial charge in [-0.25, -0.2) is 4.98 Å². The van der Waals surface area contributed by atoms with E-state index in [0.717, 1.165) is 4.96 Å². The summed E-state index contributed by atoms with van der Waals surface area (Å²) in [4.78, 5) is 18.3. The van der Waals surface area contributed by atoms with Crippen LogP contribution in [0.4, 0.5) is 0 Å². The lowest BCUT2D eigenvalue weighted by molar-refractivity contribution is -0.125. The summed E-state index contributed by atoms with van der Waals surface area (Å²) in [6.45, 7) is 0.274. The summed E-state index contributed by atoms with van der Waals surface area (Å²) < 4.78 is 1.80. The number of carbonyl (C=O) groups excluding carboxylic acids is 1. The lowest BCUT2D eigenvalue weighted by atomic mass is 10.3. The molecule has 1 saturated heterocycles. The Bertz CT molecular complexity index is 671. The van der Waals surface area contributed by atoms with Crippen molar-refractivity contribution in [3.63, 3.8) is 0 Å². The Balaban J connectivity index is 1.79. The number of hydrogen-bond acceptors (Lipinski definition) is 5. The van der Waals surface area contributed by atoms with Crippen LogP contribution in [-0.2, 0) is 4.79 Å². The number of nitrogens with zero attached hydrogens (tertiary/aromatic N) is 3. The van der Waals surface area contributed by atoms with Crippen molar-refractivity contribution in [3.05, 3.63) is 28.5 Å². The molecule has 6 nitrogen and oxygen atoms in total. The van der Waals surface area contributed by atoms with E-state index >= 15 is 0 Å². The van der Waals surface area contributed by atoms with Gasteiger partial charge in [-0.1, -0.05) is 11.6 Å². The maximum atomic E-state index is 12.0.